The lowest BCUT2D eigenvalue weighted by molar-refractivity contribution is -0.165. The maximum absolute atomic E-state index is 12.1. The van der Waals surface area contributed by atoms with E-state index >= 15 is 0 Å². The smallest absolute Gasteiger partial charge is 0.216 e. The molecule has 2 fully saturated rings. The monoisotopic (exact) mass is 326 g/mol. The predicted molar refractivity (Wildman–Crippen MR) is 82.2 cm³/mol. The lowest BCUT2D eigenvalue weighted by atomic mass is 9.86. The van der Waals surface area contributed by atoms with E-state index in [4.69, 9.17) is 9.47 Å². The van der Waals surface area contributed by atoms with E-state index in [2.05, 4.69) is 4.98 Å². The zero-order chi connectivity index (χ0) is 15.8. The lowest BCUT2D eigenvalue weighted by Gasteiger charge is -2.52. The molecular formula is C15H22N2O4S. The third-order valence-electron chi connectivity index (χ3n) is 4.26. The van der Waals surface area contributed by atoms with Gasteiger partial charge in [-0.05, 0) is 19.9 Å². The zero-order valence-corrected chi connectivity index (χ0v) is 13.8. The summed E-state index contributed by atoms with van der Waals surface area (Å²) in [7, 11) is -3.19. The normalized spacial score (nSPS) is 25.1. The van der Waals surface area contributed by atoms with Gasteiger partial charge in [-0.1, -0.05) is 6.07 Å². The standard InChI is InChI=1S/C15H22N2O4S/c1-12(2)22(18,19)17-10-15(11-17)9-13(6-8-20-15)21-14-5-3-4-7-16-14/h3-5,7,12-13H,6,8-11H2,1-2H3/t13-/m0/s1. The zero-order valence-electron chi connectivity index (χ0n) is 12.9. The highest BCUT2D eigenvalue weighted by molar-refractivity contribution is 7.89. The molecule has 1 aromatic heterocycles. The molecule has 3 heterocycles. The summed E-state index contributed by atoms with van der Waals surface area (Å²) in [5.41, 5.74) is -0.389. The molecule has 0 aliphatic carbocycles. The van der Waals surface area contributed by atoms with E-state index in [-0.39, 0.29) is 11.7 Å². The van der Waals surface area contributed by atoms with Gasteiger partial charge in [0.2, 0.25) is 15.9 Å². The van der Waals surface area contributed by atoms with Crippen LogP contribution in [0.15, 0.2) is 24.4 Å². The van der Waals surface area contributed by atoms with Crippen molar-refractivity contribution < 1.29 is 17.9 Å². The molecular weight excluding hydrogens is 304 g/mol. The first-order chi connectivity index (χ1) is 10.4. The fourth-order valence-corrected chi connectivity index (χ4v) is 4.39. The largest absolute Gasteiger partial charge is 0.474 e. The van der Waals surface area contributed by atoms with Crippen molar-refractivity contribution in [2.45, 2.75) is 43.6 Å². The van der Waals surface area contributed by atoms with Crippen molar-refractivity contribution in [1.82, 2.24) is 9.29 Å². The van der Waals surface area contributed by atoms with Crippen LogP contribution in [0.1, 0.15) is 26.7 Å². The van der Waals surface area contributed by atoms with Crippen molar-refractivity contribution in [3.63, 3.8) is 0 Å². The Kier molecular flexibility index (Phi) is 4.13. The Hall–Kier alpha value is -1.18. The highest BCUT2D eigenvalue weighted by Gasteiger charge is 2.52. The molecule has 1 atom stereocenters. The van der Waals surface area contributed by atoms with E-state index in [0.717, 1.165) is 6.42 Å². The maximum Gasteiger partial charge on any atom is 0.216 e. The highest BCUT2D eigenvalue weighted by atomic mass is 32.2. The average Bonchev–Trinajstić information content (AvgIpc) is 2.46. The Morgan fingerprint density at radius 1 is 1.41 bits per heavy atom. The van der Waals surface area contributed by atoms with Crippen LogP contribution in [0.4, 0.5) is 0 Å². The first kappa shape index (κ1) is 15.7. The van der Waals surface area contributed by atoms with E-state index < -0.39 is 15.3 Å². The first-order valence-electron chi connectivity index (χ1n) is 7.62. The Labute approximate surface area is 131 Å². The molecule has 0 aromatic carbocycles. The van der Waals surface area contributed by atoms with Crippen molar-refractivity contribution in [2.24, 2.45) is 0 Å². The van der Waals surface area contributed by atoms with Gasteiger partial charge in [-0.25, -0.2) is 13.4 Å². The molecule has 2 aliphatic rings. The molecule has 7 heteroatoms. The van der Waals surface area contributed by atoms with Crippen molar-refractivity contribution >= 4 is 10.0 Å². The van der Waals surface area contributed by atoms with E-state index in [0.29, 0.717) is 32.0 Å². The van der Waals surface area contributed by atoms with Crippen LogP contribution < -0.4 is 4.74 Å². The number of hydrogen-bond acceptors (Lipinski definition) is 5. The third-order valence-corrected chi connectivity index (χ3v) is 6.43. The average molecular weight is 326 g/mol. The molecule has 0 bridgehead atoms. The van der Waals surface area contributed by atoms with Crippen LogP contribution in [-0.2, 0) is 14.8 Å². The number of aromatic nitrogens is 1. The van der Waals surface area contributed by atoms with Gasteiger partial charge in [0.05, 0.1) is 17.5 Å². The molecule has 3 rings (SSSR count). The molecule has 1 aromatic rings. The number of ether oxygens (including phenoxy) is 2. The predicted octanol–water partition coefficient (Wildman–Crippen LogP) is 1.43. The van der Waals surface area contributed by atoms with Crippen molar-refractivity contribution in [1.29, 1.82) is 0 Å². The highest BCUT2D eigenvalue weighted by Crippen LogP contribution is 2.37. The van der Waals surface area contributed by atoms with Gasteiger partial charge in [0.15, 0.2) is 0 Å². The minimum absolute atomic E-state index is 0.0209. The number of pyridine rings is 1. The first-order valence-corrected chi connectivity index (χ1v) is 9.12. The van der Waals surface area contributed by atoms with Crippen molar-refractivity contribution in [3.8, 4) is 5.88 Å². The van der Waals surface area contributed by atoms with Gasteiger partial charge in [-0.2, -0.15) is 4.31 Å². The number of hydrogen-bond donors (Lipinski definition) is 0. The number of sulfonamides is 1. The van der Waals surface area contributed by atoms with Gasteiger partial charge in [0.1, 0.15) is 6.10 Å². The minimum Gasteiger partial charge on any atom is -0.474 e. The van der Waals surface area contributed by atoms with E-state index in [9.17, 15) is 8.42 Å². The lowest BCUT2D eigenvalue weighted by Crippen LogP contribution is -2.68. The molecule has 0 saturated carbocycles. The number of nitrogens with zero attached hydrogens (tertiary/aromatic N) is 2. The summed E-state index contributed by atoms with van der Waals surface area (Å²) in [6, 6.07) is 5.56. The number of rotatable bonds is 4. The maximum atomic E-state index is 12.1. The topological polar surface area (TPSA) is 68.7 Å². The molecule has 0 N–H and O–H groups in total. The molecule has 0 unspecified atom stereocenters. The SMILES string of the molecule is CC(C)S(=O)(=O)N1CC2(C[C@@H](Oc3ccccn3)CCO2)C1. The van der Waals surface area contributed by atoms with Gasteiger partial charge in [0.25, 0.3) is 0 Å². The molecule has 1 spiro atoms. The van der Waals surface area contributed by atoms with E-state index in [1.807, 2.05) is 18.2 Å². The van der Waals surface area contributed by atoms with Gasteiger partial charge >= 0.3 is 0 Å². The van der Waals surface area contributed by atoms with Gasteiger partial charge in [-0.15, -0.1) is 0 Å². The summed E-state index contributed by atoms with van der Waals surface area (Å²) in [6.45, 7) is 4.85. The van der Waals surface area contributed by atoms with Gasteiger partial charge in [-0.3, -0.25) is 0 Å². The Balaban J connectivity index is 1.61. The van der Waals surface area contributed by atoms with E-state index in [1.54, 1.807) is 20.0 Å². The second-order valence-corrected chi connectivity index (χ2v) is 8.78. The van der Waals surface area contributed by atoms with Gasteiger partial charge in [0, 0.05) is 38.2 Å². The summed E-state index contributed by atoms with van der Waals surface area (Å²) >= 11 is 0. The summed E-state index contributed by atoms with van der Waals surface area (Å²) in [5, 5.41) is -0.394. The van der Waals surface area contributed by atoms with E-state index in [1.165, 1.54) is 4.31 Å². The minimum atomic E-state index is -3.19. The Morgan fingerprint density at radius 2 is 2.18 bits per heavy atom. The molecule has 6 nitrogen and oxygen atoms in total. The second kappa shape index (κ2) is 5.79. The quantitative estimate of drug-likeness (QED) is 0.837. The Bertz CT molecular complexity index is 612. The van der Waals surface area contributed by atoms with Crippen LogP contribution in [0.2, 0.25) is 0 Å². The second-order valence-electron chi connectivity index (χ2n) is 6.29. The van der Waals surface area contributed by atoms with Crippen LogP contribution in [0, 0.1) is 0 Å². The van der Waals surface area contributed by atoms with Crippen LogP contribution in [0.3, 0.4) is 0 Å². The molecule has 2 saturated heterocycles. The summed E-state index contributed by atoms with van der Waals surface area (Å²) in [4.78, 5) is 4.17. The molecule has 122 valence electrons. The fraction of sp³-hybridized carbons (Fsp3) is 0.667. The molecule has 2 aliphatic heterocycles. The summed E-state index contributed by atoms with van der Waals surface area (Å²) in [5.74, 6) is 0.607. The van der Waals surface area contributed by atoms with Crippen LogP contribution in [0.25, 0.3) is 0 Å². The van der Waals surface area contributed by atoms with Crippen molar-refractivity contribution in [2.75, 3.05) is 19.7 Å². The van der Waals surface area contributed by atoms with Gasteiger partial charge < -0.3 is 9.47 Å². The van der Waals surface area contributed by atoms with Crippen molar-refractivity contribution in [3.05, 3.63) is 24.4 Å². The van der Waals surface area contributed by atoms with Crippen LogP contribution >= 0.6 is 0 Å². The Morgan fingerprint density at radius 3 is 2.82 bits per heavy atom. The summed E-state index contributed by atoms with van der Waals surface area (Å²) in [6.07, 6.45) is 3.22. The molecule has 0 amide bonds. The van der Waals surface area contributed by atoms with Crippen LogP contribution in [-0.4, -0.2) is 54.4 Å². The molecule has 0 radical (unpaired) electrons. The summed E-state index contributed by atoms with van der Waals surface area (Å²) < 4.78 is 37.6. The van der Waals surface area contributed by atoms with Crippen LogP contribution in [0.5, 0.6) is 5.88 Å². The third kappa shape index (κ3) is 2.98. The molecule has 22 heavy (non-hydrogen) atoms. The fourth-order valence-electron chi connectivity index (χ4n) is 2.97.